The van der Waals surface area contributed by atoms with Crippen molar-refractivity contribution in [3.8, 4) is 5.75 Å². The molecule has 0 fully saturated rings. The number of phenols is 1. The second-order valence-corrected chi connectivity index (χ2v) is 3.17. The molecule has 84 valence electrons. The Kier molecular flexibility index (Phi) is 2.52. The molecular weight excluding hydrogens is 215 g/mol. The van der Waals surface area contributed by atoms with Gasteiger partial charge in [0, 0.05) is 18.2 Å². The number of carbonyl (C=O) groups excluding carboxylic acids is 1. The Labute approximate surface area is 90.2 Å². The van der Waals surface area contributed by atoms with Crippen molar-refractivity contribution in [2.75, 3.05) is 6.61 Å². The molecule has 0 spiro atoms. The maximum atomic E-state index is 12.9. The first kappa shape index (κ1) is 10.5. The van der Waals surface area contributed by atoms with Gasteiger partial charge >= 0.3 is 5.97 Å². The summed E-state index contributed by atoms with van der Waals surface area (Å²) in [6, 6.07) is 3.37. The summed E-state index contributed by atoms with van der Waals surface area (Å²) in [7, 11) is 0. The number of carbonyl (C=O) groups is 1. The van der Waals surface area contributed by atoms with Crippen LogP contribution >= 0.6 is 0 Å². The van der Waals surface area contributed by atoms with Crippen molar-refractivity contribution >= 4 is 16.9 Å². The number of ether oxygens (including phenoxy) is 1. The van der Waals surface area contributed by atoms with Crippen LogP contribution in [0, 0.1) is 5.82 Å². The molecule has 2 rings (SSSR count). The molecule has 1 aromatic carbocycles. The highest BCUT2D eigenvalue weighted by Crippen LogP contribution is 2.29. The number of aromatic hydroxyl groups is 1. The minimum atomic E-state index is -0.640. The van der Waals surface area contributed by atoms with E-state index < -0.39 is 11.8 Å². The monoisotopic (exact) mass is 224 g/mol. The van der Waals surface area contributed by atoms with Gasteiger partial charge in [0.15, 0.2) is 0 Å². The smallest absolute Gasteiger partial charge is 0.374 e. The van der Waals surface area contributed by atoms with E-state index in [-0.39, 0.29) is 29.1 Å². The number of phenolic OH excluding ortho intramolecular Hbond substituents is 1. The maximum absolute atomic E-state index is 12.9. The number of hydrogen-bond donors (Lipinski definition) is 1. The maximum Gasteiger partial charge on any atom is 0.374 e. The predicted octanol–water partition coefficient (Wildman–Crippen LogP) is 2.45. The summed E-state index contributed by atoms with van der Waals surface area (Å²) in [5, 5.41) is 9.71. The van der Waals surface area contributed by atoms with Gasteiger partial charge in [-0.1, -0.05) is 0 Å². The molecular formula is C11H9FO4. The number of fused-ring (bicyclic) bond motifs is 1. The van der Waals surface area contributed by atoms with Crippen LogP contribution in [-0.4, -0.2) is 17.7 Å². The first-order valence-electron chi connectivity index (χ1n) is 4.71. The fraction of sp³-hybridized carbons (Fsp3) is 0.182. The topological polar surface area (TPSA) is 59.7 Å². The van der Waals surface area contributed by atoms with E-state index in [9.17, 15) is 14.3 Å². The largest absolute Gasteiger partial charge is 0.507 e. The van der Waals surface area contributed by atoms with Crippen LogP contribution in [0.4, 0.5) is 4.39 Å². The van der Waals surface area contributed by atoms with Crippen molar-refractivity contribution < 1.29 is 23.4 Å². The third-order valence-electron chi connectivity index (χ3n) is 2.06. The fourth-order valence-corrected chi connectivity index (χ4v) is 1.39. The van der Waals surface area contributed by atoms with Gasteiger partial charge in [-0.25, -0.2) is 9.18 Å². The average Bonchev–Trinajstić information content (AvgIpc) is 2.62. The molecule has 0 atom stereocenters. The molecule has 2 aromatic rings. The number of rotatable bonds is 2. The number of hydrogen-bond acceptors (Lipinski definition) is 4. The average molecular weight is 224 g/mol. The number of furan rings is 1. The molecule has 4 nitrogen and oxygen atoms in total. The van der Waals surface area contributed by atoms with E-state index in [0.717, 1.165) is 12.1 Å². The lowest BCUT2D eigenvalue weighted by molar-refractivity contribution is 0.0492. The molecule has 0 amide bonds. The summed E-state index contributed by atoms with van der Waals surface area (Å²) in [5.41, 5.74) is 0.112. The third-order valence-corrected chi connectivity index (χ3v) is 2.06. The summed E-state index contributed by atoms with van der Waals surface area (Å²) in [6.45, 7) is 1.88. The summed E-state index contributed by atoms with van der Waals surface area (Å²) >= 11 is 0. The van der Waals surface area contributed by atoms with Crippen LogP contribution in [0.25, 0.3) is 11.0 Å². The second kappa shape index (κ2) is 3.84. The molecule has 1 heterocycles. The van der Waals surface area contributed by atoms with Gasteiger partial charge in [0.25, 0.3) is 0 Å². The second-order valence-electron chi connectivity index (χ2n) is 3.17. The molecule has 0 aliphatic heterocycles. The van der Waals surface area contributed by atoms with Crippen LogP contribution in [0.2, 0.25) is 0 Å². The van der Waals surface area contributed by atoms with Crippen LogP contribution in [0.1, 0.15) is 17.5 Å². The van der Waals surface area contributed by atoms with Gasteiger partial charge in [0.2, 0.25) is 5.76 Å². The lowest BCUT2D eigenvalue weighted by Gasteiger charge is -1.95. The van der Waals surface area contributed by atoms with E-state index in [4.69, 9.17) is 9.15 Å². The molecule has 0 bridgehead atoms. The van der Waals surface area contributed by atoms with Gasteiger partial charge in [-0.2, -0.15) is 0 Å². The number of halogens is 1. The minimum absolute atomic E-state index is 0.0576. The zero-order valence-corrected chi connectivity index (χ0v) is 8.49. The third kappa shape index (κ3) is 1.71. The molecule has 0 radical (unpaired) electrons. The van der Waals surface area contributed by atoms with Crippen LogP contribution in [0.15, 0.2) is 22.6 Å². The Morgan fingerprint density at radius 3 is 2.94 bits per heavy atom. The van der Waals surface area contributed by atoms with E-state index >= 15 is 0 Å². The quantitative estimate of drug-likeness (QED) is 0.796. The number of benzene rings is 1. The van der Waals surface area contributed by atoms with Gasteiger partial charge in [0.05, 0.1) is 12.0 Å². The lowest BCUT2D eigenvalue weighted by Crippen LogP contribution is -2.02. The first-order chi connectivity index (χ1) is 7.61. The molecule has 1 aromatic heterocycles. The minimum Gasteiger partial charge on any atom is -0.507 e. The van der Waals surface area contributed by atoms with Gasteiger partial charge < -0.3 is 14.3 Å². The Morgan fingerprint density at radius 2 is 2.25 bits per heavy atom. The van der Waals surface area contributed by atoms with Gasteiger partial charge in [-0.3, -0.25) is 0 Å². The van der Waals surface area contributed by atoms with Crippen molar-refractivity contribution in [2.45, 2.75) is 6.92 Å². The summed E-state index contributed by atoms with van der Waals surface area (Å²) in [5.74, 6) is -1.60. The number of esters is 1. The molecule has 0 unspecified atom stereocenters. The molecule has 0 saturated carbocycles. The summed E-state index contributed by atoms with van der Waals surface area (Å²) in [6.07, 6.45) is 0. The summed E-state index contributed by atoms with van der Waals surface area (Å²) < 4.78 is 22.7. The van der Waals surface area contributed by atoms with Gasteiger partial charge in [-0.15, -0.1) is 0 Å². The van der Waals surface area contributed by atoms with Crippen molar-refractivity contribution in [3.05, 3.63) is 29.8 Å². The van der Waals surface area contributed by atoms with Crippen molar-refractivity contribution in [2.24, 2.45) is 0 Å². The molecule has 0 saturated heterocycles. The van der Waals surface area contributed by atoms with Crippen molar-refractivity contribution in [1.29, 1.82) is 0 Å². The Balaban J connectivity index is 2.51. The zero-order valence-electron chi connectivity index (χ0n) is 8.49. The predicted molar refractivity (Wildman–Crippen MR) is 53.8 cm³/mol. The normalized spacial score (nSPS) is 10.6. The van der Waals surface area contributed by atoms with Gasteiger partial charge in [-0.05, 0) is 6.92 Å². The molecule has 1 N–H and O–H groups in total. The molecule has 0 aliphatic carbocycles. The van der Waals surface area contributed by atoms with E-state index in [1.807, 2.05) is 0 Å². The Hall–Kier alpha value is -2.04. The van der Waals surface area contributed by atoms with E-state index in [1.54, 1.807) is 6.92 Å². The highest BCUT2D eigenvalue weighted by Gasteiger charge is 2.15. The Morgan fingerprint density at radius 1 is 1.50 bits per heavy atom. The zero-order chi connectivity index (χ0) is 11.7. The SMILES string of the molecule is CCOC(=O)c1cc2c(O)cc(F)cc2o1. The standard InChI is InChI=1S/C11H9FO4/c1-2-15-11(14)10-5-7-8(13)3-6(12)4-9(7)16-10/h3-5,13H,2H2,1H3. The molecule has 16 heavy (non-hydrogen) atoms. The fourth-order valence-electron chi connectivity index (χ4n) is 1.39. The van der Waals surface area contributed by atoms with E-state index in [0.29, 0.717) is 0 Å². The van der Waals surface area contributed by atoms with E-state index in [2.05, 4.69) is 0 Å². The molecule has 0 aliphatic rings. The van der Waals surface area contributed by atoms with E-state index in [1.165, 1.54) is 6.07 Å². The highest BCUT2D eigenvalue weighted by molar-refractivity contribution is 5.94. The first-order valence-corrected chi connectivity index (χ1v) is 4.71. The van der Waals surface area contributed by atoms with Crippen LogP contribution in [-0.2, 0) is 4.74 Å². The van der Waals surface area contributed by atoms with Crippen LogP contribution in [0.5, 0.6) is 5.75 Å². The highest BCUT2D eigenvalue weighted by atomic mass is 19.1. The van der Waals surface area contributed by atoms with Crippen LogP contribution < -0.4 is 0 Å². The van der Waals surface area contributed by atoms with Crippen LogP contribution in [0.3, 0.4) is 0 Å². The summed E-state index contributed by atoms with van der Waals surface area (Å²) in [4.78, 5) is 11.3. The molecule has 5 heteroatoms. The van der Waals surface area contributed by atoms with Gasteiger partial charge in [0.1, 0.15) is 17.1 Å². The lowest BCUT2D eigenvalue weighted by atomic mass is 10.2. The van der Waals surface area contributed by atoms with Crippen molar-refractivity contribution in [1.82, 2.24) is 0 Å². The Bertz CT molecular complexity index is 544. The van der Waals surface area contributed by atoms with Crippen molar-refractivity contribution in [3.63, 3.8) is 0 Å².